The second-order valence-electron chi connectivity index (χ2n) is 4.78. The summed E-state index contributed by atoms with van der Waals surface area (Å²) in [6.07, 6.45) is -1.64. The molecule has 3 atom stereocenters. The number of amides is 2. The van der Waals surface area contributed by atoms with Gasteiger partial charge in [0, 0.05) is 6.42 Å². The fourth-order valence-corrected chi connectivity index (χ4v) is 1.49. The summed E-state index contributed by atoms with van der Waals surface area (Å²) < 4.78 is 0. The van der Waals surface area contributed by atoms with Crippen molar-refractivity contribution in [1.29, 1.82) is 0 Å². The third kappa shape index (κ3) is 8.36. The lowest BCUT2D eigenvalue weighted by Gasteiger charge is -2.21. The van der Waals surface area contributed by atoms with Crippen molar-refractivity contribution in [3.05, 3.63) is 0 Å². The molecule has 0 radical (unpaired) electrons. The maximum Gasteiger partial charge on any atom is 0.326 e. The van der Waals surface area contributed by atoms with Gasteiger partial charge in [0.2, 0.25) is 11.8 Å². The first-order valence-electron chi connectivity index (χ1n) is 6.57. The van der Waals surface area contributed by atoms with Gasteiger partial charge in [0.25, 0.3) is 0 Å². The number of carboxylic acid groups (broad SMARTS) is 3. The van der Waals surface area contributed by atoms with E-state index in [9.17, 15) is 24.0 Å². The molecule has 0 fully saturated rings. The molecule has 11 nitrogen and oxygen atoms in total. The van der Waals surface area contributed by atoms with Crippen molar-refractivity contribution in [1.82, 2.24) is 10.6 Å². The first kappa shape index (κ1) is 20.3. The molecular weight excluding hydrogens is 314 g/mol. The second kappa shape index (κ2) is 9.35. The van der Waals surface area contributed by atoms with Gasteiger partial charge in [-0.3, -0.25) is 19.2 Å². The lowest BCUT2D eigenvalue weighted by Crippen LogP contribution is -2.54. The van der Waals surface area contributed by atoms with Crippen LogP contribution in [0, 0.1) is 0 Å². The Hall–Kier alpha value is -2.69. The zero-order valence-corrected chi connectivity index (χ0v) is 12.3. The molecule has 0 saturated carbocycles. The van der Waals surface area contributed by atoms with Crippen molar-refractivity contribution in [2.45, 2.75) is 44.3 Å². The third-order valence-electron chi connectivity index (χ3n) is 2.69. The zero-order valence-electron chi connectivity index (χ0n) is 12.3. The molecule has 0 aromatic heterocycles. The van der Waals surface area contributed by atoms with E-state index in [1.807, 2.05) is 5.32 Å². The van der Waals surface area contributed by atoms with Crippen LogP contribution in [0.2, 0.25) is 0 Å². The van der Waals surface area contributed by atoms with Crippen LogP contribution < -0.4 is 16.4 Å². The van der Waals surface area contributed by atoms with Gasteiger partial charge in [0.05, 0.1) is 12.5 Å². The van der Waals surface area contributed by atoms with E-state index in [4.69, 9.17) is 21.1 Å². The highest BCUT2D eigenvalue weighted by molar-refractivity contribution is 5.92. The van der Waals surface area contributed by atoms with Crippen molar-refractivity contribution in [3.63, 3.8) is 0 Å². The van der Waals surface area contributed by atoms with E-state index in [0.29, 0.717) is 0 Å². The number of nitrogens with one attached hydrogen (secondary N) is 2. The molecule has 0 rings (SSSR count). The Morgan fingerprint density at radius 2 is 1.43 bits per heavy atom. The molecule has 0 unspecified atom stereocenters. The molecule has 130 valence electrons. The summed E-state index contributed by atoms with van der Waals surface area (Å²) >= 11 is 0. The van der Waals surface area contributed by atoms with Gasteiger partial charge in [0.1, 0.15) is 12.1 Å². The van der Waals surface area contributed by atoms with Crippen LogP contribution in [0.1, 0.15) is 26.2 Å². The Bertz CT molecular complexity index is 491. The van der Waals surface area contributed by atoms with E-state index >= 15 is 0 Å². The number of hydrogen-bond acceptors (Lipinski definition) is 6. The first-order valence-corrected chi connectivity index (χ1v) is 6.57. The predicted molar refractivity (Wildman–Crippen MR) is 74.3 cm³/mol. The van der Waals surface area contributed by atoms with Crippen molar-refractivity contribution in [2.24, 2.45) is 5.73 Å². The van der Waals surface area contributed by atoms with Crippen LogP contribution in [0.5, 0.6) is 0 Å². The Morgan fingerprint density at radius 1 is 0.913 bits per heavy atom. The van der Waals surface area contributed by atoms with Crippen molar-refractivity contribution >= 4 is 29.7 Å². The Balaban J connectivity index is 5.00. The number of carbonyl (C=O) groups is 5. The molecule has 0 saturated heterocycles. The van der Waals surface area contributed by atoms with Gasteiger partial charge in [-0.15, -0.1) is 0 Å². The lowest BCUT2D eigenvalue weighted by atomic mass is 10.1. The Labute approximate surface area is 130 Å². The van der Waals surface area contributed by atoms with E-state index in [0.717, 1.165) is 0 Å². The summed E-state index contributed by atoms with van der Waals surface area (Å²) in [6.45, 7) is 1.34. The summed E-state index contributed by atoms with van der Waals surface area (Å²) in [5, 5.41) is 30.2. The van der Waals surface area contributed by atoms with Crippen LogP contribution in [-0.2, 0) is 24.0 Å². The van der Waals surface area contributed by atoms with Gasteiger partial charge in [-0.1, -0.05) is 0 Å². The maximum absolute atomic E-state index is 12.0. The minimum atomic E-state index is -1.71. The number of rotatable bonds is 10. The fourth-order valence-electron chi connectivity index (χ4n) is 1.49. The highest BCUT2D eigenvalue weighted by Crippen LogP contribution is 2.02. The van der Waals surface area contributed by atoms with E-state index in [1.165, 1.54) is 6.92 Å². The van der Waals surface area contributed by atoms with Crippen LogP contribution in [0.3, 0.4) is 0 Å². The van der Waals surface area contributed by atoms with Gasteiger partial charge in [-0.05, 0) is 13.3 Å². The molecule has 0 aromatic rings. The quantitative estimate of drug-likeness (QED) is 0.255. The zero-order chi connectivity index (χ0) is 18.2. The number of hydrogen-bond donors (Lipinski definition) is 6. The Kier molecular flexibility index (Phi) is 8.26. The highest BCUT2D eigenvalue weighted by atomic mass is 16.4. The first-order chi connectivity index (χ1) is 10.5. The molecule has 0 spiro atoms. The number of carbonyl (C=O) groups excluding carboxylic acids is 2. The van der Waals surface area contributed by atoms with Gasteiger partial charge >= 0.3 is 17.9 Å². The predicted octanol–water partition coefficient (Wildman–Crippen LogP) is -2.27. The average molecular weight is 333 g/mol. The van der Waals surface area contributed by atoms with Gasteiger partial charge in [0.15, 0.2) is 0 Å². The topological polar surface area (TPSA) is 196 Å². The molecular formula is C12H19N3O8. The van der Waals surface area contributed by atoms with E-state index in [1.54, 1.807) is 0 Å². The van der Waals surface area contributed by atoms with Crippen LogP contribution >= 0.6 is 0 Å². The molecule has 0 aliphatic rings. The molecule has 0 aliphatic heterocycles. The maximum atomic E-state index is 12.0. The van der Waals surface area contributed by atoms with Gasteiger partial charge in [-0.2, -0.15) is 0 Å². The molecule has 2 amide bonds. The van der Waals surface area contributed by atoms with Crippen LogP contribution in [0.15, 0.2) is 0 Å². The summed E-state index contributed by atoms with van der Waals surface area (Å²) in [4.78, 5) is 55.6. The molecule has 23 heavy (non-hydrogen) atoms. The van der Waals surface area contributed by atoms with Crippen molar-refractivity contribution in [3.8, 4) is 0 Å². The monoisotopic (exact) mass is 333 g/mol. The summed E-state index contributed by atoms with van der Waals surface area (Å²) in [5.74, 6) is -5.98. The summed E-state index contributed by atoms with van der Waals surface area (Å²) in [5.41, 5.74) is 5.32. The van der Waals surface area contributed by atoms with E-state index in [-0.39, 0.29) is 6.42 Å². The van der Waals surface area contributed by atoms with Crippen molar-refractivity contribution in [2.75, 3.05) is 0 Å². The lowest BCUT2D eigenvalue weighted by molar-refractivity contribution is -0.147. The molecule has 7 N–H and O–H groups in total. The number of nitrogens with two attached hydrogens (primary N) is 1. The van der Waals surface area contributed by atoms with Crippen LogP contribution in [0.4, 0.5) is 0 Å². The molecule has 11 heteroatoms. The second-order valence-corrected chi connectivity index (χ2v) is 4.78. The van der Waals surface area contributed by atoms with E-state index < -0.39 is 60.7 Å². The summed E-state index contributed by atoms with van der Waals surface area (Å²) in [6, 6.07) is -4.02. The average Bonchev–Trinajstić information content (AvgIpc) is 2.41. The SMILES string of the molecule is C[C@H](N)C(=O)N[C@@H](CCC(=O)O)C(=O)N[C@@H](CC(=O)O)C(=O)O. The minimum absolute atomic E-state index is 0.307. The summed E-state index contributed by atoms with van der Waals surface area (Å²) in [7, 11) is 0. The number of carboxylic acids is 3. The molecule has 0 bridgehead atoms. The standard InChI is InChI=1S/C12H19N3O8/c1-5(13)10(20)14-6(2-3-8(16)17)11(21)15-7(12(22)23)4-9(18)19/h5-7H,2-4,13H2,1H3,(H,14,20)(H,15,21)(H,16,17)(H,18,19)(H,22,23)/t5-,6-,7-/m0/s1. The Morgan fingerprint density at radius 3 is 1.83 bits per heavy atom. The highest BCUT2D eigenvalue weighted by Gasteiger charge is 2.28. The van der Waals surface area contributed by atoms with Gasteiger partial charge < -0.3 is 31.7 Å². The molecule has 0 aliphatic carbocycles. The van der Waals surface area contributed by atoms with Gasteiger partial charge in [-0.25, -0.2) is 4.79 Å². The minimum Gasteiger partial charge on any atom is -0.481 e. The van der Waals surface area contributed by atoms with E-state index in [2.05, 4.69) is 5.32 Å². The third-order valence-corrected chi connectivity index (χ3v) is 2.69. The fraction of sp³-hybridized carbons (Fsp3) is 0.583. The normalized spacial score (nSPS) is 14.2. The molecule has 0 aromatic carbocycles. The number of aliphatic carboxylic acids is 3. The molecule has 0 heterocycles. The van der Waals surface area contributed by atoms with Crippen LogP contribution in [-0.4, -0.2) is 63.2 Å². The smallest absolute Gasteiger partial charge is 0.326 e. The van der Waals surface area contributed by atoms with Crippen LogP contribution in [0.25, 0.3) is 0 Å². The largest absolute Gasteiger partial charge is 0.481 e. The van der Waals surface area contributed by atoms with Crippen molar-refractivity contribution < 1.29 is 39.3 Å².